The smallest absolute Gasteiger partial charge is 0.120 e. The van der Waals surface area contributed by atoms with Crippen molar-refractivity contribution in [3.8, 4) is 22.5 Å². The Balaban J connectivity index is 0.000000187. The maximum absolute atomic E-state index is 6.07. The molecule has 0 bridgehead atoms. The van der Waals surface area contributed by atoms with Gasteiger partial charge in [0, 0.05) is 37.4 Å². The summed E-state index contributed by atoms with van der Waals surface area (Å²) in [6.07, 6.45) is 1.80. The number of para-hydroxylation sites is 1. The van der Waals surface area contributed by atoms with E-state index in [9.17, 15) is 0 Å². The Hall–Kier alpha value is -3.59. The minimum Gasteiger partial charge on any atom is -0.501 e. The molecule has 0 fully saturated rings. The van der Waals surface area contributed by atoms with Gasteiger partial charge < -0.3 is 14.4 Å². The third kappa shape index (κ3) is 5.46. The number of pyridine rings is 2. The number of furan rings is 1. The van der Waals surface area contributed by atoms with Crippen molar-refractivity contribution in [2.45, 2.75) is 26.7 Å². The van der Waals surface area contributed by atoms with Crippen LogP contribution in [0.1, 0.15) is 31.0 Å². The van der Waals surface area contributed by atoms with Crippen LogP contribution in [-0.2, 0) is 20.1 Å². The van der Waals surface area contributed by atoms with Crippen LogP contribution in [0.4, 0.5) is 0 Å². The van der Waals surface area contributed by atoms with Crippen LogP contribution in [0.2, 0.25) is 0 Å². The molecule has 6 rings (SSSR count). The third-order valence-corrected chi connectivity index (χ3v) is 5.85. The van der Waals surface area contributed by atoms with Crippen LogP contribution in [0.25, 0.3) is 44.5 Å². The van der Waals surface area contributed by atoms with Gasteiger partial charge in [-0.3, -0.25) is 0 Å². The largest absolute Gasteiger partial charge is 0.501 e. The molecule has 0 aliphatic heterocycles. The average Bonchev–Trinajstić information content (AvgIpc) is 3.29. The van der Waals surface area contributed by atoms with E-state index in [1.54, 1.807) is 6.20 Å². The first kappa shape index (κ1) is 25.5. The van der Waals surface area contributed by atoms with E-state index in [1.807, 2.05) is 66.7 Å². The number of hydrogen-bond acceptors (Lipinski definition) is 3. The van der Waals surface area contributed by atoms with Crippen molar-refractivity contribution in [1.29, 1.82) is 0 Å². The zero-order chi connectivity index (χ0) is 24.2. The van der Waals surface area contributed by atoms with Gasteiger partial charge in [0.15, 0.2) is 0 Å². The summed E-state index contributed by atoms with van der Waals surface area (Å²) in [5.41, 5.74) is 7.95. The maximum atomic E-state index is 6.07. The van der Waals surface area contributed by atoms with Crippen LogP contribution in [0, 0.1) is 19.1 Å². The minimum atomic E-state index is 0. The zero-order valence-electron chi connectivity index (χ0n) is 20.5. The van der Waals surface area contributed by atoms with E-state index in [2.05, 4.69) is 62.2 Å². The number of aromatic nitrogens is 2. The molecule has 0 atom stereocenters. The Morgan fingerprint density at radius 3 is 2.33 bits per heavy atom. The number of rotatable bonds is 3. The van der Waals surface area contributed by atoms with E-state index in [4.69, 9.17) is 9.40 Å². The first-order chi connectivity index (χ1) is 17.1. The van der Waals surface area contributed by atoms with Crippen molar-refractivity contribution in [2.24, 2.45) is 0 Å². The number of aryl methyl sites for hydroxylation is 1. The van der Waals surface area contributed by atoms with Crippen molar-refractivity contribution < 1.29 is 24.5 Å². The van der Waals surface area contributed by atoms with Crippen LogP contribution in [-0.4, -0.2) is 9.97 Å². The Morgan fingerprint density at radius 1 is 0.778 bits per heavy atom. The molecule has 3 nitrogen and oxygen atoms in total. The molecule has 0 spiro atoms. The van der Waals surface area contributed by atoms with Crippen LogP contribution < -0.4 is 0 Å². The molecule has 4 heteroatoms. The van der Waals surface area contributed by atoms with Gasteiger partial charge in [-0.05, 0) is 35.5 Å². The monoisotopic (exact) mass is 647 g/mol. The molecule has 0 aliphatic rings. The number of hydrogen-bond donors (Lipinski definition) is 0. The molecule has 1 radical (unpaired) electrons. The van der Waals surface area contributed by atoms with Gasteiger partial charge in [0.25, 0.3) is 0 Å². The van der Waals surface area contributed by atoms with Gasteiger partial charge in [0.05, 0.1) is 5.58 Å². The molecule has 6 aromatic rings. The van der Waals surface area contributed by atoms with E-state index in [1.165, 1.54) is 5.56 Å². The van der Waals surface area contributed by atoms with Gasteiger partial charge >= 0.3 is 0 Å². The molecule has 36 heavy (non-hydrogen) atoms. The van der Waals surface area contributed by atoms with Crippen molar-refractivity contribution in [2.75, 3.05) is 0 Å². The van der Waals surface area contributed by atoms with Crippen molar-refractivity contribution in [3.05, 3.63) is 121 Å². The van der Waals surface area contributed by atoms with E-state index < -0.39 is 0 Å². The van der Waals surface area contributed by atoms with Crippen LogP contribution in [0.15, 0.2) is 102 Å². The molecule has 0 saturated carbocycles. The van der Waals surface area contributed by atoms with E-state index in [0.29, 0.717) is 5.92 Å². The standard InChI is InChI=1S/C20H16NO.C12H10N.Ir/c1-13(2)17-10-6-11-18(21-17)16-9-5-8-15-14-7-3-4-12-19(14)22-20(15)16;1-10-5-4-6-11(9-10)12-7-2-3-8-13-12;/h3-8,10-13H,1-2H3;2-5,7-9H,1H3;/q2*-1;. The van der Waals surface area contributed by atoms with Crippen LogP contribution in [0.5, 0.6) is 0 Å². The van der Waals surface area contributed by atoms with E-state index in [0.717, 1.165) is 50.1 Å². The molecular weight excluding hydrogens is 621 g/mol. The predicted octanol–water partition coefficient (Wildman–Crippen LogP) is 8.43. The summed E-state index contributed by atoms with van der Waals surface area (Å²) in [6, 6.07) is 36.6. The summed E-state index contributed by atoms with van der Waals surface area (Å²) in [7, 11) is 0. The van der Waals surface area contributed by atoms with Crippen LogP contribution >= 0.6 is 0 Å². The molecule has 0 aliphatic carbocycles. The predicted molar refractivity (Wildman–Crippen MR) is 143 cm³/mol. The average molecular weight is 647 g/mol. The fourth-order valence-corrected chi connectivity index (χ4v) is 4.04. The van der Waals surface area contributed by atoms with Crippen LogP contribution in [0.3, 0.4) is 0 Å². The molecule has 0 saturated heterocycles. The van der Waals surface area contributed by atoms with Gasteiger partial charge in [-0.25, -0.2) is 0 Å². The second-order valence-corrected chi connectivity index (χ2v) is 8.79. The van der Waals surface area contributed by atoms with Crippen molar-refractivity contribution in [3.63, 3.8) is 0 Å². The summed E-state index contributed by atoms with van der Waals surface area (Å²) in [6.45, 7) is 6.37. The summed E-state index contributed by atoms with van der Waals surface area (Å²) in [5.74, 6) is 0.398. The van der Waals surface area contributed by atoms with Gasteiger partial charge in [-0.15, -0.1) is 53.6 Å². The first-order valence-corrected chi connectivity index (χ1v) is 11.8. The molecule has 0 unspecified atom stereocenters. The second-order valence-electron chi connectivity index (χ2n) is 8.79. The molecular formula is C32H26IrN2O-2. The van der Waals surface area contributed by atoms with Gasteiger partial charge in [-0.2, -0.15) is 0 Å². The minimum absolute atomic E-state index is 0. The van der Waals surface area contributed by atoms with Crippen molar-refractivity contribution in [1.82, 2.24) is 9.97 Å². The Kier molecular flexibility index (Phi) is 8.10. The fourth-order valence-electron chi connectivity index (χ4n) is 4.04. The second kappa shape index (κ2) is 11.4. The number of fused-ring (bicyclic) bond motifs is 3. The van der Waals surface area contributed by atoms with E-state index >= 15 is 0 Å². The summed E-state index contributed by atoms with van der Waals surface area (Å²) < 4.78 is 6.07. The first-order valence-electron chi connectivity index (χ1n) is 11.8. The number of benzene rings is 3. The quantitative estimate of drug-likeness (QED) is 0.181. The number of nitrogens with zero attached hydrogens (tertiary/aromatic N) is 2. The molecule has 0 N–H and O–H groups in total. The molecule has 0 amide bonds. The van der Waals surface area contributed by atoms with E-state index in [-0.39, 0.29) is 20.1 Å². The zero-order valence-corrected chi connectivity index (χ0v) is 22.8. The van der Waals surface area contributed by atoms with Gasteiger partial charge in [-0.1, -0.05) is 74.2 Å². The molecule has 3 aromatic carbocycles. The molecule has 3 aromatic heterocycles. The van der Waals surface area contributed by atoms with Gasteiger partial charge in [0.2, 0.25) is 0 Å². The normalized spacial score (nSPS) is 10.7. The Labute approximate surface area is 225 Å². The maximum Gasteiger partial charge on any atom is 0.120 e. The van der Waals surface area contributed by atoms with Crippen molar-refractivity contribution >= 4 is 21.9 Å². The molecule has 181 valence electrons. The topological polar surface area (TPSA) is 38.9 Å². The Morgan fingerprint density at radius 2 is 1.56 bits per heavy atom. The summed E-state index contributed by atoms with van der Waals surface area (Å²) in [4.78, 5) is 9.03. The fraction of sp³-hybridized carbons (Fsp3) is 0.125. The SMILES string of the molecule is CC(C)c1cccc(-c2[c-]ccc3c2oc2ccccc23)n1.Cc1cc[c-]c(-c2ccccn2)c1.[Ir]. The summed E-state index contributed by atoms with van der Waals surface area (Å²) >= 11 is 0. The third-order valence-electron chi connectivity index (χ3n) is 5.85. The Bertz CT molecular complexity index is 1590. The molecule has 3 heterocycles. The van der Waals surface area contributed by atoms with Gasteiger partial charge in [0.1, 0.15) is 5.58 Å². The summed E-state index contributed by atoms with van der Waals surface area (Å²) in [5, 5.41) is 2.24.